The number of nitrogens with zero attached hydrogens (tertiary/aromatic N) is 1. The summed E-state index contributed by atoms with van der Waals surface area (Å²) in [5, 5.41) is 10.4. The number of methoxy groups -OCH3 is 4. The van der Waals surface area contributed by atoms with Gasteiger partial charge in [0.05, 0.1) is 34.5 Å². The standard InChI is InChI=1S/C24H33NO5/c1-14-8-16-10-21(27-4)24(30-7)13-19(16)20(25(14)3)9-17-11-22(28-5)23(29-6)12-18(17)15(2)26/h10-15,20,26H,8-9H2,1-7H3. The molecule has 0 fully saturated rings. The van der Waals surface area contributed by atoms with Crippen LogP contribution in [0.1, 0.15) is 48.2 Å². The Kier molecular flexibility index (Phi) is 6.78. The van der Waals surface area contributed by atoms with E-state index < -0.39 is 6.10 Å². The molecule has 1 heterocycles. The summed E-state index contributed by atoms with van der Waals surface area (Å²) in [6.45, 7) is 4.01. The van der Waals surface area contributed by atoms with Crippen LogP contribution in [0.25, 0.3) is 0 Å². The molecule has 6 heteroatoms. The van der Waals surface area contributed by atoms with E-state index >= 15 is 0 Å². The zero-order chi connectivity index (χ0) is 22.0. The summed E-state index contributed by atoms with van der Waals surface area (Å²) < 4.78 is 22.1. The molecule has 0 spiro atoms. The third kappa shape index (κ3) is 4.07. The smallest absolute Gasteiger partial charge is 0.161 e. The topological polar surface area (TPSA) is 60.4 Å². The largest absolute Gasteiger partial charge is 0.493 e. The molecule has 0 radical (unpaired) electrons. The monoisotopic (exact) mass is 415 g/mol. The lowest BCUT2D eigenvalue weighted by Crippen LogP contribution is -2.40. The lowest BCUT2D eigenvalue weighted by molar-refractivity contribution is 0.162. The third-order valence-corrected chi connectivity index (χ3v) is 6.22. The molecular formula is C24H33NO5. The van der Waals surface area contributed by atoms with Crippen LogP contribution in [0.15, 0.2) is 24.3 Å². The molecule has 3 atom stereocenters. The minimum atomic E-state index is -0.615. The van der Waals surface area contributed by atoms with E-state index in [1.165, 1.54) is 11.1 Å². The number of aliphatic hydroxyl groups is 1. The zero-order valence-electron chi connectivity index (χ0n) is 19.0. The van der Waals surface area contributed by atoms with Gasteiger partial charge in [-0.3, -0.25) is 4.90 Å². The average Bonchev–Trinajstić information content (AvgIpc) is 2.75. The number of ether oxygens (including phenoxy) is 4. The van der Waals surface area contributed by atoms with Crippen molar-refractivity contribution in [2.45, 2.75) is 44.9 Å². The maximum Gasteiger partial charge on any atom is 0.161 e. The molecule has 0 saturated heterocycles. The maximum atomic E-state index is 10.4. The lowest BCUT2D eigenvalue weighted by atomic mass is 9.84. The van der Waals surface area contributed by atoms with Crippen LogP contribution in [-0.4, -0.2) is 51.5 Å². The van der Waals surface area contributed by atoms with Crippen molar-refractivity contribution in [2.24, 2.45) is 0 Å². The number of rotatable bonds is 7. The highest BCUT2D eigenvalue weighted by atomic mass is 16.5. The molecule has 1 aliphatic rings. The Labute approximate surface area is 179 Å². The molecule has 6 nitrogen and oxygen atoms in total. The molecule has 164 valence electrons. The molecule has 0 amide bonds. The van der Waals surface area contributed by atoms with Crippen LogP contribution in [0.2, 0.25) is 0 Å². The van der Waals surface area contributed by atoms with Crippen molar-refractivity contribution in [1.29, 1.82) is 0 Å². The second-order valence-corrected chi connectivity index (χ2v) is 7.93. The number of fused-ring (bicyclic) bond motifs is 1. The highest BCUT2D eigenvalue weighted by Crippen LogP contribution is 2.42. The molecular weight excluding hydrogens is 382 g/mol. The highest BCUT2D eigenvalue weighted by molar-refractivity contribution is 5.52. The van der Waals surface area contributed by atoms with E-state index in [0.717, 1.165) is 35.5 Å². The normalized spacial score (nSPS) is 19.7. The van der Waals surface area contributed by atoms with Gasteiger partial charge in [-0.05, 0) is 80.3 Å². The van der Waals surface area contributed by atoms with Gasteiger partial charge in [-0.25, -0.2) is 0 Å². The van der Waals surface area contributed by atoms with Crippen molar-refractivity contribution < 1.29 is 24.1 Å². The van der Waals surface area contributed by atoms with Crippen LogP contribution >= 0.6 is 0 Å². The van der Waals surface area contributed by atoms with E-state index in [4.69, 9.17) is 18.9 Å². The summed E-state index contributed by atoms with van der Waals surface area (Å²) in [5.74, 6) is 2.76. The first-order valence-corrected chi connectivity index (χ1v) is 10.2. The zero-order valence-corrected chi connectivity index (χ0v) is 19.0. The molecule has 3 unspecified atom stereocenters. The Morgan fingerprint density at radius 2 is 1.47 bits per heavy atom. The van der Waals surface area contributed by atoms with E-state index in [-0.39, 0.29) is 6.04 Å². The Morgan fingerprint density at radius 1 is 0.933 bits per heavy atom. The van der Waals surface area contributed by atoms with Crippen LogP contribution in [-0.2, 0) is 12.8 Å². The van der Waals surface area contributed by atoms with Crippen molar-refractivity contribution in [1.82, 2.24) is 4.90 Å². The summed E-state index contributed by atoms with van der Waals surface area (Å²) in [5.41, 5.74) is 4.37. The van der Waals surface area contributed by atoms with Gasteiger partial charge in [0.25, 0.3) is 0 Å². The van der Waals surface area contributed by atoms with E-state index in [1.54, 1.807) is 35.4 Å². The van der Waals surface area contributed by atoms with Crippen LogP contribution in [0, 0.1) is 0 Å². The molecule has 0 bridgehead atoms. The first-order chi connectivity index (χ1) is 14.3. The maximum absolute atomic E-state index is 10.4. The second kappa shape index (κ2) is 9.14. The van der Waals surface area contributed by atoms with Gasteiger partial charge in [0, 0.05) is 12.1 Å². The van der Waals surface area contributed by atoms with Crippen LogP contribution < -0.4 is 18.9 Å². The van der Waals surface area contributed by atoms with E-state index in [0.29, 0.717) is 17.5 Å². The molecule has 30 heavy (non-hydrogen) atoms. The summed E-state index contributed by atoms with van der Waals surface area (Å²) in [4.78, 5) is 2.39. The van der Waals surface area contributed by atoms with Crippen LogP contribution in [0.3, 0.4) is 0 Å². The SMILES string of the molecule is COc1cc(CC2c3cc(OC)c(OC)cc3CC(C)N2C)c(C(C)O)cc1OC. The Morgan fingerprint density at radius 3 is 2.03 bits per heavy atom. The molecule has 1 aliphatic heterocycles. The number of hydrogen-bond donors (Lipinski definition) is 1. The van der Waals surface area contributed by atoms with Crippen molar-refractivity contribution >= 4 is 0 Å². The van der Waals surface area contributed by atoms with Crippen molar-refractivity contribution in [3.8, 4) is 23.0 Å². The fourth-order valence-corrected chi connectivity index (χ4v) is 4.38. The predicted octanol–water partition coefficient (Wildman–Crippen LogP) is 3.93. The van der Waals surface area contributed by atoms with Gasteiger partial charge in [0.15, 0.2) is 23.0 Å². The first kappa shape index (κ1) is 22.2. The number of likely N-dealkylation sites (N-methyl/N-ethyl adjacent to an activating group) is 1. The van der Waals surface area contributed by atoms with Gasteiger partial charge >= 0.3 is 0 Å². The van der Waals surface area contributed by atoms with Crippen LogP contribution in [0.5, 0.6) is 23.0 Å². The van der Waals surface area contributed by atoms with Gasteiger partial charge in [-0.15, -0.1) is 0 Å². The molecule has 0 saturated carbocycles. The third-order valence-electron chi connectivity index (χ3n) is 6.22. The van der Waals surface area contributed by atoms with Crippen molar-refractivity contribution in [3.05, 3.63) is 46.5 Å². The summed E-state index contributed by atoms with van der Waals surface area (Å²) >= 11 is 0. The first-order valence-electron chi connectivity index (χ1n) is 10.2. The molecule has 0 aliphatic carbocycles. The second-order valence-electron chi connectivity index (χ2n) is 7.93. The average molecular weight is 416 g/mol. The summed E-state index contributed by atoms with van der Waals surface area (Å²) in [7, 11) is 8.71. The Hall–Kier alpha value is -2.44. The number of benzene rings is 2. The Bertz CT molecular complexity index is 896. The Balaban J connectivity index is 2.10. The van der Waals surface area contributed by atoms with Crippen molar-refractivity contribution in [3.63, 3.8) is 0 Å². The molecule has 1 N–H and O–H groups in total. The van der Waals surface area contributed by atoms with Crippen LogP contribution in [0.4, 0.5) is 0 Å². The van der Waals surface area contributed by atoms with Gasteiger partial charge in [-0.2, -0.15) is 0 Å². The fraction of sp³-hybridized carbons (Fsp3) is 0.500. The molecule has 0 aromatic heterocycles. The number of aliphatic hydroxyl groups excluding tert-OH is 1. The predicted molar refractivity (Wildman–Crippen MR) is 117 cm³/mol. The number of hydrogen-bond acceptors (Lipinski definition) is 6. The van der Waals surface area contributed by atoms with Gasteiger partial charge in [0.1, 0.15) is 0 Å². The highest BCUT2D eigenvalue weighted by Gasteiger charge is 2.32. The van der Waals surface area contributed by atoms with E-state index in [1.807, 2.05) is 12.1 Å². The van der Waals surface area contributed by atoms with Crippen molar-refractivity contribution in [2.75, 3.05) is 35.5 Å². The molecule has 3 rings (SSSR count). The lowest BCUT2D eigenvalue weighted by Gasteiger charge is -2.40. The van der Waals surface area contributed by atoms with Gasteiger partial charge in [-0.1, -0.05) is 0 Å². The molecule has 2 aromatic rings. The summed E-state index contributed by atoms with van der Waals surface area (Å²) in [6.07, 6.45) is 1.05. The summed E-state index contributed by atoms with van der Waals surface area (Å²) in [6, 6.07) is 8.53. The van der Waals surface area contributed by atoms with Gasteiger partial charge in [0.2, 0.25) is 0 Å². The quantitative estimate of drug-likeness (QED) is 0.739. The minimum Gasteiger partial charge on any atom is -0.493 e. The fourth-order valence-electron chi connectivity index (χ4n) is 4.38. The van der Waals surface area contributed by atoms with E-state index in [9.17, 15) is 5.11 Å². The molecule has 2 aromatic carbocycles. The van der Waals surface area contributed by atoms with E-state index in [2.05, 4.69) is 31.0 Å². The minimum absolute atomic E-state index is 0.124. The van der Waals surface area contributed by atoms with Gasteiger partial charge < -0.3 is 24.1 Å².